The highest BCUT2D eigenvalue weighted by Gasteiger charge is 2.51. The lowest BCUT2D eigenvalue weighted by molar-refractivity contribution is -0.174. The third kappa shape index (κ3) is 2.51. The van der Waals surface area contributed by atoms with E-state index in [0.717, 1.165) is 0 Å². The fourth-order valence-electron chi connectivity index (χ4n) is 1.46. The SMILES string of the molecule is CCB1OC(=O)CC(CC(=O)O)(C(=O)O)O1. The molecule has 1 saturated heterocycles. The molecular formula is C8H11BO7. The van der Waals surface area contributed by atoms with Crippen molar-refractivity contribution in [3.05, 3.63) is 0 Å². The summed E-state index contributed by atoms with van der Waals surface area (Å²) in [4.78, 5) is 32.8. The van der Waals surface area contributed by atoms with Crippen molar-refractivity contribution >= 4 is 25.0 Å². The van der Waals surface area contributed by atoms with Gasteiger partial charge in [0.1, 0.15) is 0 Å². The average Bonchev–Trinajstić information content (AvgIpc) is 2.15. The molecule has 0 radical (unpaired) electrons. The summed E-state index contributed by atoms with van der Waals surface area (Å²) in [6.45, 7) is 1.64. The van der Waals surface area contributed by atoms with Gasteiger partial charge in [-0.2, -0.15) is 0 Å². The minimum absolute atomic E-state index is 0.264. The molecule has 0 aromatic rings. The Morgan fingerprint density at radius 1 is 1.50 bits per heavy atom. The van der Waals surface area contributed by atoms with Crippen molar-refractivity contribution in [3.8, 4) is 0 Å². The summed E-state index contributed by atoms with van der Waals surface area (Å²) in [5.74, 6) is -3.57. The molecule has 88 valence electrons. The molecule has 7 nitrogen and oxygen atoms in total. The first-order valence-electron chi connectivity index (χ1n) is 4.72. The summed E-state index contributed by atoms with van der Waals surface area (Å²) in [5.41, 5.74) is -2.01. The van der Waals surface area contributed by atoms with Crippen LogP contribution in [0.5, 0.6) is 0 Å². The number of carboxylic acids is 2. The van der Waals surface area contributed by atoms with Crippen LogP contribution in [0.1, 0.15) is 19.8 Å². The lowest BCUT2D eigenvalue weighted by atomic mass is 9.79. The smallest absolute Gasteiger partial charge is 0.509 e. The molecule has 0 aromatic heterocycles. The maximum absolute atomic E-state index is 11.2. The highest BCUT2D eigenvalue weighted by Crippen LogP contribution is 2.28. The van der Waals surface area contributed by atoms with Crippen LogP contribution in [0.4, 0.5) is 0 Å². The van der Waals surface area contributed by atoms with E-state index in [1.165, 1.54) is 0 Å². The Bertz CT molecular complexity index is 324. The summed E-state index contributed by atoms with van der Waals surface area (Å²) in [6.07, 6.45) is -1.10. The molecule has 1 unspecified atom stereocenters. The van der Waals surface area contributed by atoms with E-state index in [1.54, 1.807) is 6.92 Å². The Morgan fingerprint density at radius 3 is 2.56 bits per heavy atom. The van der Waals surface area contributed by atoms with Gasteiger partial charge >= 0.3 is 19.1 Å². The number of rotatable bonds is 4. The third-order valence-corrected chi connectivity index (χ3v) is 2.21. The summed E-state index contributed by atoms with van der Waals surface area (Å²) in [5, 5.41) is 17.6. The summed E-state index contributed by atoms with van der Waals surface area (Å²) >= 11 is 0. The number of hydrogen-bond donors (Lipinski definition) is 2. The molecular weight excluding hydrogens is 219 g/mol. The van der Waals surface area contributed by atoms with Gasteiger partial charge < -0.3 is 19.5 Å². The van der Waals surface area contributed by atoms with Crippen LogP contribution in [0.25, 0.3) is 0 Å². The molecule has 1 aliphatic rings. The van der Waals surface area contributed by atoms with Crippen LogP contribution >= 0.6 is 0 Å². The van der Waals surface area contributed by atoms with Crippen LogP contribution in [-0.4, -0.2) is 40.8 Å². The van der Waals surface area contributed by atoms with Crippen LogP contribution in [-0.2, 0) is 23.7 Å². The van der Waals surface area contributed by atoms with E-state index in [1.807, 2.05) is 0 Å². The minimum Gasteiger partial charge on any atom is -0.509 e. The van der Waals surface area contributed by atoms with Crippen molar-refractivity contribution in [3.63, 3.8) is 0 Å². The quantitative estimate of drug-likeness (QED) is 0.640. The van der Waals surface area contributed by atoms with Gasteiger partial charge in [-0.25, -0.2) is 4.79 Å². The number of carboxylic acid groups (broad SMARTS) is 2. The van der Waals surface area contributed by atoms with Crippen LogP contribution < -0.4 is 0 Å². The van der Waals surface area contributed by atoms with Crippen LogP contribution in [0.2, 0.25) is 6.32 Å². The number of carbonyl (C=O) groups excluding carboxylic acids is 1. The third-order valence-electron chi connectivity index (χ3n) is 2.21. The highest BCUT2D eigenvalue weighted by molar-refractivity contribution is 6.47. The van der Waals surface area contributed by atoms with Gasteiger partial charge in [0.05, 0.1) is 12.8 Å². The maximum atomic E-state index is 11.2. The number of hydrogen-bond acceptors (Lipinski definition) is 5. The molecule has 0 bridgehead atoms. The molecule has 8 heteroatoms. The van der Waals surface area contributed by atoms with Gasteiger partial charge in [0.25, 0.3) is 5.97 Å². The largest absolute Gasteiger partial charge is 0.527 e. The Hall–Kier alpha value is -1.57. The van der Waals surface area contributed by atoms with Crippen molar-refractivity contribution in [2.45, 2.75) is 31.7 Å². The van der Waals surface area contributed by atoms with E-state index in [4.69, 9.17) is 19.5 Å². The van der Waals surface area contributed by atoms with Gasteiger partial charge in [-0.1, -0.05) is 6.92 Å². The van der Waals surface area contributed by atoms with Gasteiger partial charge in [-0.3, -0.25) is 9.59 Å². The zero-order valence-corrected chi connectivity index (χ0v) is 8.63. The van der Waals surface area contributed by atoms with Gasteiger partial charge in [-0.15, -0.1) is 0 Å². The molecule has 0 aromatic carbocycles. The first-order chi connectivity index (χ1) is 7.39. The topological polar surface area (TPSA) is 110 Å². The lowest BCUT2D eigenvalue weighted by Gasteiger charge is -2.34. The second kappa shape index (κ2) is 4.52. The maximum Gasteiger partial charge on any atom is 0.527 e. The van der Waals surface area contributed by atoms with Crippen LogP contribution in [0.3, 0.4) is 0 Å². The molecule has 2 N–H and O–H groups in total. The molecule has 1 heterocycles. The standard InChI is InChI=1S/C8H11BO7/c1-2-9-15-6(12)4-8(16-9,7(13)14)3-5(10)11/h2-4H2,1H3,(H,10,11)(H,13,14). The van der Waals surface area contributed by atoms with Crippen molar-refractivity contribution in [2.75, 3.05) is 0 Å². The Balaban J connectivity index is 2.95. The first-order valence-corrected chi connectivity index (χ1v) is 4.72. The lowest BCUT2D eigenvalue weighted by Crippen LogP contribution is -2.54. The average molecular weight is 230 g/mol. The monoisotopic (exact) mass is 230 g/mol. The Kier molecular flexibility index (Phi) is 3.53. The molecule has 16 heavy (non-hydrogen) atoms. The Morgan fingerprint density at radius 2 is 2.12 bits per heavy atom. The Labute approximate surface area is 91.5 Å². The molecule has 1 aliphatic heterocycles. The van der Waals surface area contributed by atoms with E-state index < -0.39 is 43.5 Å². The second-order valence-electron chi connectivity index (χ2n) is 3.49. The predicted molar refractivity (Wildman–Crippen MR) is 50.6 cm³/mol. The predicted octanol–water partition coefficient (Wildman–Crippen LogP) is -0.244. The number of carbonyl (C=O) groups is 3. The molecule has 0 spiro atoms. The summed E-state index contributed by atoms with van der Waals surface area (Å²) in [6, 6.07) is 0. The summed E-state index contributed by atoms with van der Waals surface area (Å²) < 4.78 is 9.75. The van der Waals surface area contributed by atoms with Gasteiger partial charge in [-0.05, 0) is 6.32 Å². The number of aliphatic carboxylic acids is 2. The van der Waals surface area contributed by atoms with Crippen molar-refractivity contribution < 1.29 is 33.9 Å². The van der Waals surface area contributed by atoms with Crippen LogP contribution in [0.15, 0.2) is 0 Å². The fraction of sp³-hybridized carbons (Fsp3) is 0.625. The van der Waals surface area contributed by atoms with Gasteiger partial charge in [0.2, 0.25) is 0 Å². The van der Waals surface area contributed by atoms with E-state index >= 15 is 0 Å². The molecule has 1 rings (SSSR count). The van der Waals surface area contributed by atoms with Gasteiger partial charge in [0.15, 0.2) is 5.60 Å². The van der Waals surface area contributed by atoms with E-state index in [-0.39, 0.29) is 6.32 Å². The summed E-state index contributed by atoms with van der Waals surface area (Å²) in [7, 11) is -1.00. The molecule has 1 atom stereocenters. The zero-order valence-electron chi connectivity index (χ0n) is 8.63. The molecule has 0 saturated carbocycles. The van der Waals surface area contributed by atoms with E-state index in [2.05, 4.69) is 0 Å². The van der Waals surface area contributed by atoms with Gasteiger partial charge in [0, 0.05) is 0 Å². The first kappa shape index (κ1) is 12.5. The van der Waals surface area contributed by atoms with E-state index in [9.17, 15) is 14.4 Å². The zero-order chi connectivity index (χ0) is 12.3. The van der Waals surface area contributed by atoms with Crippen molar-refractivity contribution in [2.24, 2.45) is 0 Å². The second-order valence-corrected chi connectivity index (χ2v) is 3.49. The van der Waals surface area contributed by atoms with Crippen LogP contribution in [0, 0.1) is 0 Å². The minimum atomic E-state index is -2.01. The molecule has 0 amide bonds. The highest BCUT2D eigenvalue weighted by atomic mass is 16.6. The molecule has 0 aliphatic carbocycles. The molecule has 1 fully saturated rings. The normalized spacial score (nSPS) is 25.1. The fourth-order valence-corrected chi connectivity index (χ4v) is 1.46. The van der Waals surface area contributed by atoms with Crippen molar-refractivity contribution in [1.29, 1.82) is 0 Å². The van der Waals surface area contributed by atoms with E-state index in [0.29, 0.717) is 0 Å². The van der Waals surface area contributed by atoms with Crippen molar-refractivity contribution in [1.82, 2.24) is 0 Å².